The maximum absolute atomic E-state index is 12.4. The van der Waals surface area contributed by atoms with Crippen LogP contribution in [0.3, 0.4) is 0 Å². The number of alkyl carbamates (subject to hydrolysis) is 1. The number of carbonyl (C=O) groups excluding carboxylic acids is 2. The number of hydrogen-bond acceptors (Lipinski definition) is 5. The lowest BCUT2D eigenvalue weighted by Crippen LogP contribution is -2.37. The van der Waals surface area contributed by atoms with Crippen LogP contribution in [0.25, 0.3) is 11.0 Å². The van der Waals surface area contributed by atoms with E-state index >= 15 is 0 Å². The fourth-order valence-corrected chi connectivity index (χ4v) is 3.63. The predicted molar refractivity (Wildman–Crippen MR) is 102 cm³/mol. The quantitative estimate of drug-likeness (QED) is 0.768. The van der Waals surface area contributed by atoms with E-state index in [-0.39, 0.29) is 6.04 Å². The van der Waals surface area contributed by atoms with E-state index in [2.05, 4.69) is 15.3 Å². The summed E-state index contributed by atoms with van der Waals surface area (Å²) in [5.74, 6) is 1.45. The van der Waals surface area contributed by atoms with E-state index in [0.29, 0.717) is 28.6 Å². The summed E-state index contributed by atoms with van der Waals surface area (Å²) in [6.07, 6.45) is 4.64. The predicted octanol–water partition coefficient (Wildman–Crippen LogP) is 4.14. The van der Waals surface area contributed by atoms with Crippen molar-refractivity contribution in [2.75, 3.05) is 7.11 Å². The summed E-state index contributed by atoms with van der Waals surface area (Å²) >= 11 is 0. The number of aldehydes is 1. The Bertz CT molecular complexity index is 832. The van der Waals surface area contributed by atoms with Crippen LogP contribution in [-0.4, -0.2) is 35.1 Å². The molecule has 7 heteroatoms. The number of rotatable bonds is 5. The van der Waals surface area contributed by atoms with Crippen LogP contribution in [0.15, 0.2) is 12.1 Å². The molecule has 7 nitrogen and oxygen atoms in total. The second-order valence-corrected chi connectivity index (χ2v) is 8.02. The molecule has 27 heavy (non-hydrogen) atoms. The fraction of sp³-hybridized carbons (Fsp3) is 0.550. The van der Waals surface area contributed by atoms with Gasteiger partial charge in [0.05, 0.1) is 29.7 Å². The minimum absolute atomic E-state index is 0.263. The number of nitrogens with zero attached hydrogens (tertiary/aromatic N) is 1. The third-order valence-electron chi connectivity index (χ3n) is 4.82. The van der Waals surface area contributed by atoms with E-state index in [1.807, 2.05) is 20.8 Å². The first-order chi connectivity index (χ1) is 12.8. The van der Waals surface area contributed by atoms with Gasteiger partial charge in [-0.15, -0.1) is 0 Å². The summed E-state index contributed by atoms with van der Waals surface area (Å²) in [4.78, 5) is 31.6. The molecule has 1 aliphatic carbocycles. The monoisotopic (exact) mass is 373 g/mol. The number of aromatic amines is 1. The van der Waals surface area contributed by atoms with Gasteiger partial charge in [-0.05, 0) is 45.6 Å². The minimum atomic E-state index is -0.565. The van der Waals surface area contributed by atoms with Crippen LogP contribution in [0.1, 0.15) is 68.7 Å². The average Bonchev–Trinajstić information content (AvgIpc) is 3.25. The Morgan fingerprint density at radius 1 is 1.33 bits per heavy atom. The van der Waals surface area contributed by atoms with E-state index in [4.69, 9.17) is 9.47 Å². The summed E-state index contributed by atoms with van der Waals surface area (Å²) in [5, 5.41) is 2.99. The number of aromatic nitrogens is 2. The lowest BCUT2D eigenvalue weighted by molar-refractivity contribution is 0.0482. The van der Waals surface area contributed by atoms with Gasteiger partial charge in [0, 0.05) is 6.07 Å². The van der Waals surface area contributed by atoms with Crippen LogP contribution in [0.2, 0.25) is 0 Å². The molecule has 1 aromatic heterocycles. The van der Waals surface area contributed by atoms with Crippen molar-refractivity contribution in [3.63, 3.8) is 0 Å². The molecule has 2 N–H and O–H groups in total. The number of amides is 1. The Morgan fingerprint density at radius 3 is 2.63 bits per heavy atom. The lowest BCUT2D eigenvalue weighted by Gasteiger charge is -2.26. The van der Waals surface area contributed by atoms with Crippen molar-refractivity contribution in [1.29, 1.82) is 0 Å². The summed E-state index contributed by atoms with van der Waals surface area (Å²) in [7, 11) is 1.52. The van der Waals surface area contributed by atoms with Crippen molar-refractivity contribution in [1.82, 2.24) is 15.3 Å². The van der Waals surface area contributed by atoms with E-state index in [9.17, 15) is 9.59 Å². The maximum atomic E-state index is 12.4. The molecule has 1 heterocycles. The summed E-state index contributed by atoms with van der Waals surface area (Å²) in [6.45, 7) is 5.52. The van der Waals surface area contributed by atoms with Gasteiger partial charge in [0.15, 0.2) is 6.29 Å². The number of hydrogen-bond donors (Lipinski definition) is 2. The number of ether oxygens (including phenoxy) is 2. The number of H-pyrrole nitrogens is 1. The number of imidazole rings is 1. The lowest BCUT2D eigenvalue weighted by atomic mass is 9.97. The standard InChI is InChI=1S/C20H27N3O4/c1-20(2,3)27-19(25)23-17(12-7-5-6-8-12)18-21-14-9-13(11-24)16(26-4)10-15(14)22-18/h9-12,17H,5-8H2,1-4H3,(H,21,22)(H,23,25). The summed E-state index contributed by atoms with van der Waals surface area (Å²) in [5.41, 5.74) is 1.32. The number of nitrogens with one attached hydrogen (secondary N) is 2. The number of methoxy groups -OCH3 is 1. The van der Waals surface area contributed by atoms with Crippen LogP contribution in [0.4, 0.5) is 4.79 Å². The molecule has 0 aliphatic heterocycles. The molecule has 1 unspecified atom stereocenters. The zero-order valence-corrected chi connectivity index (χ0v) is 16.3. The number of fused-ring (bicyclic) bond motifs is 1. The molecular formula is C20H27N3O4. The third kappa shape index (κ3) is 4.40. The van der Waals surface area contributed by atoms with Crippen LogP contribution >= 0.6 is 0 Å². The molecule has 1 fully saturated rings. The highest BCUT2D eigenvalue weighted by Gasteiger charge is 2.31. The zero-order chi connectivity index (χ0) is 19.6. The van der Waals surface area contributed by atoms with Gasteiger partial charge >= 0.3 is 6.09 Å². The van der Waals surface area contributed by atoms with Crippen LogP contribution in [0, 0.1) is 5.92 Å². The zero-order valence-electron chi connectivity index (χ0n) is 16.3. The highest BCUT2D eigenvalue weighted by atomic mass is 16.6. The molecule has 3 rings (SSSR count). The molecule has 1 atom stereocenters. The van der Waals surface area contributed by atoms with Crippen molar-refractivity contribution in [2.24, 2.45) is 5.92 Å². The minimum Gasteiger partial charge on any atom is -0.496 e. The van der Waals surface area contributed by atoms with Gasteiger partial charge in [0.2, 0.25) is 0 Å². The summed E-state index contributed by atoms with van der Waals surface area (Å²) < 4.78 is 10.7. The molecule has 1 aromatic carbocycles. The highest BCUT2D eigenvalue weighted by molar-refractivity contribution is 5.89. The van der Waals surface area contributed by atoms with Crippen LogP contribution in [0.5, 0.6) is 5.75 Å². The van der Waals surface area contributed by atoms with Gasteiger partial charge in [-0.1, -0.05) is 12.8 Å². The van der Waals surface area contributed by atoms with Gasteiger partial charge in [-0.25, -0.2) is 9.78 Å². The second kappa shape index (κ2) is 7.58. The van der Waals surface area contributed by atoms with Crippen LogP contribution < -0.4 is 10.1 Å². The second-order valence-electron chi connectivity index (χ2n) is 8.02. The molecule has 0 radical (unpaired) electrons. The Morgan fingerprint density at radius 2 is 2.04 bits per heavy atom. The number of carbonyl (C=O) groups is 2. The van der Waals surface area contributed by atoms with Crippen LogP contribution in [-0.2, 0) is 4.74 Å². The molecule has 0 bridgehead atoms. The Balaban J connectivity index is 1.93. The normalized spacial score (nSPS) is 16.3. The first kappa shape index (κ1) is 19.2. The largest absolute Gasteiger partial charge is 0.496 e. The molecule has 2 aromatic rings. The van der Waals surface area contributed by atoms with Gasteiger partial charge in [0.1, 0.15) is 17.2 Å². The van der Waals surface area contributed by atoms with Gasteiger partial charge < -0.3 is 19.8 Å². The first-order valence-electron chi connectivity index (χ1n) is 9.33. The molecule has 146 valence electrons. The van der Waals surface area contributed by atoms with Gasteiger partial charge in [-0.2, -0.15) is 0 Å². The van der Waals surface area contributed by atoms with Crippen molar-refractivity contribution < 1.29 is 19.1 Å². The Labute approximate surface area is 158 Å². The smallest absolute Gasteiger partial charge is 0.408 e. The highest BCUT2D eigenvalue weighted by Crippen LogP contribution is 2.36. The van der Waals surface area contributed by atoms with Gasteiger partial charge in [0.25, 0.3) is 0 Å². The molecular weight excluding hydrogens is 346 g/mol. The topological polar surface area (TPSA) is 93.3 Å². The van der Waals surface area contributed by atoms with Crippen molar-refractivity contribution in [3.8, 4) is 5.75 Å². The Kier molecular flexibility index (Phi) is 5.39. The van der Waals surface area contributed by atoms with Crippen molar-refractivity contribution in [2.45, 2.75) is 58.1 Å². The van der Waals surface area contributed by atoms with E-state index < -0.39 is 11.7 Å². The average molecular weight is 373 g/mol. The molecule has 0 saturated heterocycles. The Hall–Kier alpha value is -2.57. The molecule has 1 saturated carbocycles. The van der Waals surface area contributed by atoms with E-state index in [1.165, 1.54) is 7.11 Å². The molecule has 1 amide bonds. The van der Waals surface area contributed by atoms with E-state index in [1.54, 1.807) is 12.1 Å². The van der Waals surface area contributed by atoms with Crippen molar-refractivity contribution in [3.05, 3.63) is 23.5 Å². The third-order valence-corrected chi connectivity index (χ3v) is 4.82. The maximum Gasteiger partial charge on any atom is 0.408 e. The van der Waals surface area contributed by atoms with E-state index in [0.717, 1.165) is 37.5 Å². The molecule has 1 aliphatic rings. The van der Waals surface area contributed by atoms with Crippen molar-refractivity contribution >= 4 is 23.4 Å². The summed E-state index contributed by atoms with van der Waals surface area (Å²) in [6, 6.07) is 3.19. The number of benzene rings is 1. The SMILES string of the molecule is COc1cc2nc(C(NC(=O)OC(C)(C)C)C3CCCC3)[nH]c2cc1C=O. The fourth-order valence-electron chi connectivity index (χ4n) is 3.63. The van der Waals surface area contributed by atoms with Gasteiger partial charge in [-0.3, -0.25) is 4.79 Å². The first-order valence-corrected chi connectivity index (χ1v) is 9.33. The molecule has 0 spiro atoms.